The van der Waals surface area contributed by atoms with Crippen LogP contribution < -0.4 is 0 Å². The van der Waals surface area contributed by atoms with Crippen LogP contribution in [0.1, 0.15) is 27.9 Å². The molecule has 1 aliphatic rings. The van der Waals surface area contributed by atoms with Gasteiger partial charge < -0.3 is 9.94 Å². The predicted octanol–water partition coefficient (Wildman–Crippen LogP) is 5.41. The number of benzene rings is 2. The first-order chi connectivity index (χ1) is 12.5. The second kappa shape index (κ2) is 6.69. The largest absolute Gasteiger partial charge is 0.478 e. The van der Waals surface area contributed by atoms with Gasteiger partial charge in [0.25, 0.3) is 5.60 Å². The van der Waals surface area contributed by atoms with E-state index in [9.17, 15) is 22.4 Å². The van der Waals surface area contributed by atoms with Crippen LogP contribution in [0.15, 0.2) is 41.6 Å². The minimum atomic E-state index is -4.88. The fourth-order valence-corrected chi connectivity index (χ4v) is 3.24. The van der Waals surface area contributed by atoms with Crippen molar-refractivity contribution in [3.8, 4) is 0 Å². The van der Waals surface area contributed by atoms with Crippen molar-refractivity contribution in [1.29, 1.82) is 0 Å². The summed E-state index contributed by atoms with van der Waals surface area (Å²) in [7, 11) is 0. The summed E-state index contributed by atoms with van der Waals surface area (Å²) in [5.74, 6) is -2.60. The Balaban J connectivity index is 2.02. The van der Waals surface area contributed by atoms with Crippen LogP contribution >= 0.6 is 23.2 Å². The zero-order valence-corrected chi connectivity index (χ0v) is 14.7. The monoisotopic (exact) mass is 421 g/mol. The Hall–Kier alpha value is -2.32. The number of aromatic carboxylic acids is 1. The Morgan fingerprint density at radius 2 is 1.78 bits per heavy atom. The van der Waals surface area contributed by atoms with Crippen LogP contribution in [0.4, 0.5) is 17.6 Å². The number of carboxylic acids is 1. The summed E-state index contributed by atoms with van der Waals surface area (Å²) in [5, 5.41) is 12.3. The van der Waals surface area contributed by atoms with E-state index in [2.05, 4.69) is 5.16 Å². The lowest BCUT2D eigenvalue weighted by atomic mass is 9.86. The van der Waals surface area contributed by atoms with Crippen molar-refractivity contribution in [3.63, 3.8) is 0 Å². The Morgan fingerprint density at radius 3 is 2.30 bits per heavy atom. The first-order valence-corrected chi connectivity index (χ1v) is 8.11. The summed E-state index contributed by atoms with van der Waals surface area (Å²) in [6.07, 6.45) is -5.65. The van der Waals surface area contributed by atoms with E-state index in [4.69, 9.17) is 33.1 Å². The lowest BCUT2D eigenvalue weighted by molar-refractivity contribution is -0.275. The van der Waals surface area contributed by atoms with Gasteiger partial charge >= 0.3 is 12.1 Å². The molecule has 0 fully saturated rings. The number of hydrogen-bond donors (Lipinski definition) is 1. The Bertz CT molecular complexity index is 941. The lowest BCUT2D eigenvalue weighted by Crippen LogP contribution is -2.42. The van der Waals surface area contributed by atoms with E-state index in [1.165, 1.54) is 6.07 Å². The van der Waals surface area contributed by atoms with Gasteiger partial charge in [-0.3, -0.25) is 0 Å². The van der Waals surface area contributed by atoms with Gasteiger partial charge in [-0.15, -0.1) is 0 Å². The van der Waals surface area contributed by atoms with Gasteiger partial charge in [0, 0.05) is 27.6 Å². The van der Waals surface area contributed by atoms with Gasteiger partial charge in [0.2, 0.25) is 0 Å². The second-order valence-electron chi connectivity index (χ2n) is 5.79. The molecule has 0 bridgehead atoms. The van der Waals surface area contributed by atoms with E-state index in [0.717, 1.165) is 30.3 Å². The standard InChI is InChI=1S/C17H9Cl2F4NO3/c18-10-4-9(5-11(19)6-10)16(17(21,22)23)7-14(24-27-16)8-1-2-12(15(25)26)13(20)3-8/h1-6H,7H2,(H,25,26). The highest BCUT2D eigenvalue weighted by Gasteiger charge is 2.62. The Morgan fingerprint density at radius 1 is 1.15 bits per heavy atom. The zero-order chi connectivity index (χ0) is 20.0. The van der Waals surface area contributed by atoms with E-state index >= 15 is 0 Å². The smallest absolute Gasteiger partial charge is 0.435 e. The molecular formula is C17H9Cl2F4NO3. The molecule has 1 aliphatic heterocycles. The molecule has 1 unspecified atom stereocenters. The molecule has 0 aromatic heterocycles. The molecule has 10 heteroatoms. The molecule has 142 valence electrons. The maximum absolute atomic E-state index is 13.9. The maximum Gasteiger partial charge on any atom is 0.435 e. The van der Waals surface area contributed by atoms with E-state index in [0.29, 0.717) is 0 Å². The van der Waals surface area contributed by atoms with E-state index in [1.54, 1.807) is 0 Å². The molecule has 0 amide bonds. The number of carbonyl (C=O) groups is 1. The molecule has 0 saturated heterocycles. The highest BCUT2D eigenvalue weighted by Crippen LogP contribution is 2.49. The minimum absolute atomic E-state index is 0.0185. The summed E-state index contributed by atoms with van der Waals surface area (Å²) >= 11 is 11.6. The highest BCUT2D eigenvalue weighted by molar-refractivity contribution is 6.34. The van der Waals surface area contributed by atoms with Crippen LogP contribution in [0.2, 0.25) is 10.0 Å². The number of oxime groups is 1. The fourth-order valence-electron chi connectivity index (χ4n) is 2.71. The SMILES string of the molecule is O=C(O)c1ccc(C2=NOC(c3cc(Cl)cc(Cl)c3)(C(F)(F)F)C2)cc1F. The van der Waals surface area contributed by atoms with Crippen molar-refractivity contribution in [3.05, 3.63) is 69.0 Å². The topological polar surface area (TPSA) is 58.9 Å². The molecule has 0 spiro atoms. The van der Waals surface area contributed by atoms with Crippen molar-refractivity contribution >= 4 is 34.9 Å². The molecule has 1 N–H and O–H groups in total. The molecular weight excluding hydrogens is 413 g/mol. The normalized spacial score (nSPS) is 19.6. The third-order valence-corrected chi connectivity index (χ3v) is 4.48. The minimum Gasteiger partial charge on any atom is -0.478 e. The van der Waals surface area contributed by atoms with Crippen LogP contribution in [0.25, 0.3) is 0 Å². The number of nitrogens with zero attached hydrogens (tertiary/aromatic N) is 1. The third kappa shape index (κ3) is 3.46. The van der Waals surface area contributed by atoms with Crippen molar-refractivity contribution in [2.24, 2.45) is 5.16 Å². The van der Waals surface area contributed by atoms with Crippen LogP contribution in [0, 0.1) is 5.82 Å². The number of alkyl halides is 3. The summed E-state index contributed by atoms with van der Waals surface area (Å²) in [4.78, 5) is 15.7. The average Bonchev–Trinajstić information content (AvgIpc) is 3.00. The number of hydrogen-bond acceptors (Lipinski definition) is 3. The second-order valence-corrected chi connectivity index (χ2v) is 6.66. The van der Waals surface area contributed by atoms with E-state index in [-0.39, 0.29) is 26.9 Å². The molecule has 1 atom stereocenters. The maximum atomic E-state index is 13.9. The van der Waals surface area contributed by atoms with Crippen LogP contribution in [0.5, 0.6) is 0 Å². The van der Waals surface area contributed by atoms with Gasteiger partial charge in [0.1, 0.15) is 5.82 Å². The molecule has 0 saturated carbocycles. The van der Waals surface area contributed by atoms with Gasteiger partial charge in [0.05, 0.1) is 11.3 Å². The zero-order valence-electron chi connectivity index (χ0n) is 13.1. The summed E-state index contributed by atoms with van der Waals surface area (Å²) < 4.78 is 55.5. The summed E-state index contributed by atoms with van der Waals surface area (Å²) in [6, 6.07) is 6.29. The Labute approximate surface area is 159 Å². The molecule has 27 heavy (non-hydrogen) atoms. The van der Waals surface area contributed by atoms with Gasteiger partial charge in [-0.2, -0.15) is 13.2 Å². The Kier molecular flexibility index (Phi) is 4.81. The molecule has 0 radical (unpaired) electrons. The van der Waals surface area contributed by atoms with Crippen molar-refractivity contribution in [2.45, 2.75) is 18.2 Å². The first-order valence-electron chi connectivity index (χ1n) is 7.35. The van der Waals surface area contributed by atoms with Crippen LogP contribution in [-0.2, 0) is 10.4 Å². The van der Waals surface area contributed by atoms with Crippen molar-refractivity contribution in [1.82, 2.24) is 0 Å². The average molecular weight is 422 g/mol. The predicted molar refractivity (Wildman–Crippen MR) is 89.8 cm³/mol. The fraction of sp³-hybridized carbons (Fsp3) is 0.176. The highest BCUT2D eigenvalue weighted by atomic mass is 35.5. The third-order valence-electron chi connectivity index (χ3n) is 4.05. The number of carboxylic acid groups (broad SMARTS) is 1. The quantitative estimate of drug-likeness (QED) is 0.673. The summed E-state index contributed by atoms with van der Waals surface area (Å²) in [5.41, 5.74) is -4.04. The van der Waals surface area contributed by atoms with Gasteiger partial charge in [0.15, 0.2) is 0 Å². The first kappa shape index (κ1) is 19.4. The molecule has 4 nitrogen and oxygen atoms in total. The molecule has 1 heterocycles. The number of halogens is 6. The summed E-state index contributed by atoms with van der Waals surface area (Å²) in [6.45, 7) is 0. The molecule has 2 aromatic rings. The van der Waals surface area contributed by atoms with Crippen LogP contribution in [-0.4, -0.2) is 23.0 Å². The van der Waals surface area contributed by atoms with E-state index in [1.807, 2.05) is 0 Å². The van der Waals surface area contributed by atoms with Gasteiger partial charge in [-0.05, 0) is 30.3 Å². The lowest BCUT2D eigenvalue weighted by Gasteiger charge is -2.29. The molecule has 2 aromatic carbocycles. The van der Waals surface area contributed by atoms with Gasteiger partial charge in [-0.1, -0.05) is 34.4 Å². The van der Waals surface area contributed by atoms with Crippen LogP contribution in [0.3, 0.4) is 0 Å². The molecule has 3 rings (SSSR count). The van der Waals surface area contributed by atoms with Crippen molar-refractivity contribution < 1.29 is 32.3 Å². The molecule has 0 aliphatic carbocycles. The van der Waals surface area contributed by atoms with Crippen molar-refractivity contribution in [2.75, 3.05) is 0 Å². The van der Waals surface area contributed by atoms with Gasteiger partial charge in [-0.25, -0.2) is 9.18 Å². The number of rotatable bonds is 3. The van der Waals surface area contributed by atoms with E-state index < -0.39 is 35.5 Å².